The van der Waals surface area contributed by atoms with Crippen LogP contribution in [0.5, 0.6) is 0 Å². The first kappa shape index (κ1) is 11.3. The fraction of sp³-hybridized carbons (Fsp3) is 1.00. The predicted octanol–water partition coefficient (Wildman–Crippen LogP) is 0.389. The molecule has 0 aromatic carbocycles. The Hall–Kier alpha value is 0.230. The average molecular weight is 205 g/mol. The molecule has 13 heavy (non-hydrogen) atoms. The minimum atomic E-state index is 0.209. The van der Waals surface area contributed by atoms with Gasteiger partial charge in [0.05, 0.1) is 25.9 Å². The van der Waals surface area contributed by atoms with Gasteiger partial charge in [0, 0.05) is 6.54 Å². The van der Waals surface area contributed by atoms with Gasteiger partial charge in [0.15, 0.2) is 0 Å². The molecule has 0 radical (unpaired) electrons. The molecule has 1 aliphatic rings. The lowest BCUT2D eigenvalue weighted by molar-refractivity contribution is -0.0276. The molecular weight excluding hydrogens is 186 g/mol. The van der Waals surface area contributed by atoms with Crippen LogP contribution >= 0.6 is 12.6 Å². The molecule has 0 aliphatic carbocycles. The van der Waals surface area contributed by atoms with Crippen molar-refractivity contribution in [1.82, 2.24) is 4.90 Å². The van der Waals surface area contributed by atoms with Crippen LogP contribution in [0, 0.1) is 0 Å². The van der Waals surface area contributed by atoms with Crippen molar-refractivity contribution in [3.8, 4) is 0 Å². The number of rotatable bonds is 5. The summed E-state index contributed by atoms with van der Waals surface area (Å²) >= 11 is 4.17. The van der Waals surface area contributed by atoms with Crippen LogP contribution in [0.1, 0.15) is 12.8 Å². The number of nitrogens with zero attached hydrogens (tertiary/aromatic N) is 1. The molecule has 0 amide bonds. The van der Waals surface area contributed by atoms with E-state index in [-0.39, 0.29) is 12.6 Å². The van der Waals surface area contributed by atoms with Crippen LogP contribution in [-0.2, 0) is 4.74 Å². The zero-order chi connectivity index (χ0) is 9.52. The Labute approximate surface area is 85.5 Å². The van der Waals surface area contributed by atoms with Gasteiger partial charge >= 0.3 is 0 Å². The Balaban J connectivity index is 2.19. The van der Waals surface area contributed by atoms with Crippen LogP contribution in [-0.4, -0.2) is 54.7 Å². The first-order valence-corrected chi connectivity index (χ1v) is 5.55. The van der Waals surface area contributed by atoms with Gasteiger partial charge in [0.25, 0.3) is 0 Å². The highest BCUT2D eigenvalue weighted by Crippen LogP contribution is 2.07. The summed E-state index contributed by atoms with van der Waals surface area (Å²) in [5, 5.41) is 9.08. The second-order valence-electron chi connectivity index (χ2n) is 3.38. The van der Waals surface area contributed by atoms with Crippen LogP contribution < -0.4 is 0 Å². The van der Waals surface area contributed by atoms with Crippen molar-refractivity contribution in [1.29, 1.82) is 0 Å². The van der Waals surface area contributed by atoms with E-state index in [4.69, 9.17) is 9.84 Å². The monoisotopic (exact) mass is 205 g/mol. The molecule has 1 aliphatic heterocycles. The maximum absolute atomic E-state index is 9.08. The van der Waals surface area contributed by atoms with Gasteiger partial charge in [-0.2, -0.15) is 12.6 Å². The van der Waals surface area contributed by atoms with E-state index in [1.807, 2.05) is 0 Å². The zero-order valence-electron chi connectivity index (χ0n) is 7.98. The van der Waals surface area contributed by atoms with Crippen molar-refractivity contribution in [3.63, 3.8) is 0 Å². The molecule has 4 heteroatoms. The molecule has 1 rings (SSSR count). The predicted molar refractivity (Wildman–Crippen MR) is 56.4 cm³/mol. The molecule has 0 bridgehead atoms. The minimum absolute atomic E-state index is 0.209. The summed E-state index contributed by atoms with van der Waals surface area (Å²) in [4.78, 5) is 2.31. The summed E-state index contributed by atoms with van der Waals surface area (Å²) in [5.41, 5.74) is 0. The molecule has 1 unspecified atom stereocenters. The van der Waals surface area contributed by atoms with Gasteiger partial charge in [-0.3, -0.25) is 4.90 Å². The molecule has 0 aromatic rings. The van der Waals surface area contributed by atoms with Gasteiger partial charge in [0.1, 0.15) is 0 Å². The molecule has 1 fully saturated rings. The SMILES string of the molecule is OCC1COCCN1CCCCS. The quantitative estimate of drug-likeness (QED) is 0.503. The maximum atomic E-state index is 9.08. The molecule has 3 nitrogen and oxygen atoms in total. The van der Waals surface area contributed by atoms with Crippen molar-refractivity contribution >= 4 is 12.6 Å². The van der Waals surface area contributed by atoms with Crippen molar-refractivity contribution in [3.05, 3.63) is 0 Å². The summed E-state index contributed by atoms with van der Waals surface area (Å²) in [6.07, 6.45) is 2.32. The number of hydrogen-bond acceptors (Lipinski definition) is 4. The Bertz CT molecular complexity index is 135. The van der Waals surface area contributed by atoms with Crippen LogP contribution in [0.25, 0.3) is 0 Å². The lowest BCUT2D eigenvalue weighted by Crippen LogP contribution is -2.47. The third kappa shape index (κ3) is 3.85. The van der Waals surface area contributed by atoms with Crippen LogP contribution in [0.15, 0.2) is 0 Å². The van der Waals surface area contributed by atoms with Gasteiger partial charge < -0.3 is 9.84 Å². The molecule has 1 atom stereocenters. The fourth-order valence-corrected chi connectivity index (χ4v) is 1.80. The molecular formula is C9H19NO2S. The summed E-state index contributed by atoms with van der Waals surface area (Å²) < 4.78 is 5.29. The Morgan fingerprint density at radius 3 is 3.00 bits per heavy atom. The summed E-state index contributed by atoms with van der Waals surface area (Å²) in [6, 6.07) is 0.216. The normalized spacial score (nSPS) is 24.9. The highest BCUT2D eigenvalue weighted by Gasteiger charge is 2.20. The van der Waals surface area contributed by atoms with Gasteiger partial charge in [-0.25, -0.2) is 0 Å². The summed E-state index contributed by atoms with van der Waals surface area (Å²) in [5.74, 6) is 0.953. The first-order valence-electron chi connectivity index (χ1n) is 4.92. The van der Waals surface area contributed by atoms with Gasteiger partial charge in [0.2, 0.25) is 0 Å². The largest absolute Gasteiger partial charge is 0.395 e. The number of morpholine rings is 1. The summed E-state index contributed by atoms with van der Waals surface area (Å²) in [6.45, 7) is 3.71. The Morgan fingerprint density at radius 1 is 1.46 bits per heavy atom. The highest BCUT2D eigenvalue weighted by atomic mass is 32.1. The lowest BCUT2D eigenvalue weighted by Gasteiger charge is -2.34. The average Bonchev–Trinajstić information content (AvgIpc) is 2.19. The summed E-state index contributed by atoms with van der Waals surface area (Å²) in [7, 11) is 0. The third-order valence-corrected chi connectivity index (χ3v) is 2.73. The fourth-order valence-electron chi connectivity index (χ4n) is 1.58. The maximum Gasteiger partial charge on any atom is 0.0644 e. The number of unbranched alkanes of at least 4 members (excludes halogenated alkanes) is 1. The topological polar surface area (TPSA) is 32.7 Å². The number of aliphatic hydroxyl groups excluding tert-OH is 1. The highest BCUT2D eigenvalue weighted by molar-refractivity contribution is 7.80. The van der Waals surface area contributed by atoms with Gasteiger partial charge in [-0.1, -0.05) is 0 Å². The molecule has 78 valence electrons. The van der Waals surface area contributed by atoms with E-state index >= 15 is 0 Å². The van der Waals surface area contributed by atoms with Crippen molar-refractivity contribution < 1.29 is 9.84 Å². The van der Waals surface area contributed by atoms with Crippen molar-refractivity contribution in [2.24, 2.45) is 0 Å². The number of thiol groups is 1. The van der Waals surface area contributed by atoms with E-state index in [0.29, 0.717) is 6.61 Å². The Morgan fingerprint density at radius 2 is 2.31 bits per heavy atom. The Kier molecular flexibility index (Phi) is 5.78. The molecule has 1 heterocycles. The van der Waals surface area contributed by atoms with E-state index in [9.17, 15) is 0 Å². The van der Waals surface area contributed by atoms with E-state index in [2.05, 4.69) is 17.5 Å². The number of aliphatic hydroxyl groups is 1. The van der Waals surface area contributed by atoms with E-state index in [1.165, 1.54) is 6.42 Å². The van der Waals surface area contributed by atoms with Gasteiger partial charge in [-0.15, -0.1) is 0 Å². The second-order valence-corrected chi connectivity index (χ2v) is 3.83. The minimum Gasteiger partial charge on any atom is -0.395 e. The second kappa shape index (κ2) is 6.65. The smallest absolute Gasteiger partial charge is 0.0644 e. The third-order valence-electron chi connectivity index (χ3n) is 2.41. The van der Waals surface area contributed by atoms with Crippen LogP contribution in [0.2, 0.25) is 0 Å². The molecule has 0 saturated carbocycles. The number of hydrogen-bond donors (Lipinski definition) is 2. The zero-order valence-corrected chi connectivity index (χ0v) is 8.88. The molecule has 1 N–H and O–H groups in total. The van der Waals surface area contributed by atoms with Gasteiger partial charge in [-0.05, 0) is 25.1 Å². The molecule has 0 spiro atoms. The number of ether oxygens (including phenoxy) is 1. The van der Waals surface area contributed by atoms with Crippen molar-refractivity contribution in [2.45, 2.75) is 18.9 Å². The van der Waals surface area contributed by atoms with E-state index < -0.39 is 0 Å². The van der Waals surface area contributed by atoms with Crippen molar-refractivity contribution in [2.75, 3.05) is 38.7 Å². The molecule has 0 aromatic heterocycles. The van der Waals surface area contributed by atoms with E-state index in [1.54, 1.807) is 0 Å². The van der Waals surface area contributed by atoms with Crippen LogP contribution in [0.4, 0.5) is 0 Å². The standard InChI is InChI=1S/C9H19NO2S/c11-7-9-8-12-5-4-10(9)3-1-2-6-13/h9,11,13H,1-8H2. The van der Waals surface area contributed by atoms with E-state index in [0.717, 1.165) is 31.9 Å². The lowest BCUT2D eigenvalue weighted by atomic mass is 10.2. The molecule has 1 saturated heterocycles. The first-order chi connectivity index (χ1) is 6.38. The van der Waals surface area contributed by atoms with Crippen LogP contribution in [0.3, 0.4) is 0 Å².